The molecule has 4 heavy (non-hydrogen) atoms. The summed E-state index contributed by atoms with van der Waals surface area (Å²) in [5.41, 5.74) is 0. The molecule has 0 N–H and O–H groups in total. The molecule has 0 heterocycles. The van der Waals surface area contributed by atoms with Crippen molar-refractivity contribution in [1.82, 2.24) is 0 Å². The van der Waals surface area contributed by atoms with Gasteiger partial charge < -0.3 is 0 Å². The average Bonchev–Trinajstić information content (AvgIpc) is 0. The quantitative estimate of drug-likeness (QED) is 0.297. The smallest absolute Gasteiger partial charge is 0.147 e. The van der Waals surface area contributed by atoms with Gasteiger partial charge in [0.2, 0.25) is 0 Å². The van der Waals surface area contributed by atoms with Crippen molar-refractivity contribution >= 4 is 47.9 Å². The van der Waals surface area contributed by atoms with Crippen molar-refractivity contribution in [3.63, 3.8) is 0 Å². The van der Waals surface area contributed by atoms with Crippen molar-refractivity contribution in [3.8, 4) is 0 Å². The van der Waals surface area contributed by atoms with E-state index in [9.17, 15) is 0 Å². The molecule has 0 nitrogen and oxygen atoms in total. The van der Waals surface area contributed by atoms with Crippen LogP contribution < -0.4 is 18.9 Å². The summed E-state index contributed by atoms with van der Waals surface area (Å²) in [6, 6.07) is 0. The Morgan fingerprint density at radius 3 is 0.750 bits per heavy atom. The summed E-state index contributed by atoms with van der Waals surface area (Å²) in [4.78, 5) is 0. The van der Waals surface area contributed by atoms with E-state index in [1.807, 2.05) is 0 Å². The van der Waals surface area contributed by atoms with Gasteiger partial charge in [-0.2, -0.15) is 0 Å². The standard InChI is InChI=1S/2ClH.Li.Mg/h2*1H;;/q;;+1;+2. The Hall–Kier alpha value is 1.94. The molecule has 0 aliphatic rings. The zero-order chi connectivity index (χ0) is 0. The van der Waals surface area contributed by atoms with Crippen molar-refractivity contribution in [2.45, 2.75) is 0 Å². The minimum absolute atomic E-state index is 0. The van der Waals surface area contributed by atoms with E-state index < -0.39 is 0 Å². The van der Waals surface area contributed by atoms with Gasteiger partial charge in [0.15, 0.2) is 0 Å². The van der Waals surface area contributed by atoms with Crippen LogP contribution in [0.5, 0.6) is 0 Å². The molecule has 0 rings (SSSR count). The predicted molar refractivity (Wildman–Crippen MR) is 20.2 cm³/mol. The van der Waals surface area contributed by atoms with E-state index in [0.717, 1.165) is 0 Å². The van der Waals surface area contributed by atoms with Crippen LogP contribution in [0.4, 0.5) is 0 Å². The minimum atomic E-state index is 0. The molecule has 16 valence electrons. The first-order valence-electron chi connectivity index (χ1n) is 0. The summed E-state index contributed by atoms with van der Waals surface area (Å²) >= 11 is 0. The third kappa shape index (κ3) is 9.05. The van der Waals surface area contributed by atoms with Gasteiger partial charge in [-0.05, 0) is 0 Å². The molecule has 0 radical (unpaired) electrons. The van der Waals surface area contributed by atoms with Gasteiger partial charge in [-0.3, -0.25) is 0 Å². The van der Waals surface area contributed by atoms with Gasteiger partial charge in [0.1, 0.15) is 0 Å². The van der Waals surface area contributed by atoms with E-state index in [0.29, 0.717) is 0 Å². The van der Waals surface area contributed by atoms with E-state index in [-0.39, 0.29) is 66.7 Å². The van der Waals surface area contributed by atoms with Crippen LogP contribution in [0.2, 0.25) is 0 Å². The van der Waals surface area contributed by atoms with E-state index in [2.05, 4.69) is 0 Å². The van der Waals surface area contributed by atoms with Crippen molar-refractivity contribution in [1.29, 1.82) is 0 Å². The SMILES string of the molecule is Cl.Cl.[Li+].[Mg+2]. The molecule has 0 spiro atoms. The molecule has 0 aromatic rings. The normalized spacial score (nSPS) is 0. The fraction of sp³-hybridized carbons (Fsp3) is 0. The zero-order valence-electron chi connectivity index (χ0n) is 2.52. The molecule has 0 unspecified atom stereocenters. The van der Waals surface area contributed by atoms with Crippen molar-refractivity contribution in [2.24, 2.45) is 0 Å². The molecule has 0 amide bonds. The molecule has 0 saturated carbocycles. The molecule has 0 fully saturated rings. The number of hydrogen-bond donors (Lipinski definition) is 0. The molecule has 0 bridgehead atoms. The van der Waals surface area contributed by atoms with Gasteiger partial charge in [0.25, 0.3) is 0 Å². The fourth-order valence-corrected chi connectivity index (χ4v) is 0. The summed E-state index contributed by atoms with van der Waals surface area (Å²) < 4.78 is 0. The van der Waals surface area contributed by atoms with Crippen molar-refractivity contribution in [3.05, 3.63) is 0 Å². The Kier molecular flexibility index (Phi) is 196. The van der Waals surface area contributed by atoms with Crippen LogP contribution in [0.25, 0.3) is 0 Å². The van der Waals surface area contributed by atoms with Crippen LogP contribution in [0.1, 0.15) is 0 Å². The third-order valence-corrected chi connectivity index (χ3v) is 0. The van der Waals surface area contributed by atoms with Crippen LogP contribution in [0, 0.1) is 0 Å². The molecule has 0 aliphatic carbocycles. The number of halogens is 2. The summed E-state index contributed by atoms with van der Waals surface area (Å²) in [7, 11) is 0. The van der Waals surface area contributed by atoms with E-state index in [1.165, 1.54) is 0 Å². The van der Waals surface area contributed by atoms with Crippen LogP contribution in [0.15, 0.2) is 0 Å². The molecular weight excluding hydrogens is 102 g/mol. The second-order valence-corrected chi connectivity index (χ2v) is 0. The third-order valence-electron chi connectivity index (χ3n) is 0. The maximum absolute atomic E-state index is 0. The maximum atomic E-state index is 0. The van der Waals surface area contributed by atoms with Crippen LogP contribution >= 0.6 is 24.8 Å². The Balaban J connectivity index is 0. The maximum Gasteiger partial charge on any atom is 2.00 e. The van der Waals surface area contributed by atoms with Crippen molar-refractivity contribution < 1.29 is 18.9 Å². The van der Waals surface area contributed by atoms with E-state index in [4.69, 9.17) is 0 Å². The van der Waals surface area contributed by atoms with Gasteiger partial charge in [-0.25, -0.2) is 0 Å². The Morgan fingerprint density at radius 2 is 0.750 bits per heavy atom. The van der Waals surface area contributed by atoms with Gasteiger partial charge in [-0.1, -0.05) is 0 Å². The summed E-state index contributed by atoms with van der Waals surface area (Å²) in [5, 5.41) is 0. The van der Waals surface area contributed by atoms with E-state index >= 15 is 0 Å². The molecule has 0 atom stereocenters. The first-order chi connectivity index (χ1) is 0. The first-order valence-corrected chi connectivity index (χ1v) is 0. The van der Waals surface area contributed by atoms with Crippen LogP contribution in [-0.4, -0.2) is 23.1 Å². The fourth-order valence-electron chi connectivity index (χ4n) is 0. The monoisotopic (exact) mass is 103 g/mol. The summed E-state index contributed by atoms with van der Waals surface area (Å²) in [6.07, 6.45) is 0. The molecule has 0 saturated heterocycles. The van der Waals surface area contributed by atoms with Gasteiger partial charge in [0, 0.05) is 0 Å². The van der Waals surface area contributed by atoms with Crippen LogP contribution in [0.3, 0.4) is 0 Å². The average molecular weight is 104 g/mol. The topological polar surface area (TPSA) is 0 Å². The summed E-state index contributed by atoms with van der Waals surface area (Å²) in [5.74, 6) is 0. The Morgan fingerprint density at radius 1 is 0.750 bits per heavy atom. The Bertz CT molecular complexity index is 6.00. The molecular formula is H2Cl2LiMg+3. The van der Waals surface area contributed by atoms with E-state index in [1.54, 1.807) is 0 Å². The second kappa shape index (κ2) is 20.4. The molecule has 0 aromatic carbocycles. The largest absolute Gasteiger partial charge is 2.00 e. The number of hydrogen-bond acceptors (Lipinski definition) is 0. The number of rotatable bonds is 0. The van der Waals surface area contributed by atoms with Gasteiger partial charge >= 0.3 is 41.9 Å². The van der Waals surface area contributed by atoms with Gasteiger partial charge in [0.05, 0.1) is 0 Å². The first kappa shape index (κ1) is 38.5. The minimum Gasteiger partial charge on any atom is -0.147 e. The van der Waals surface area contributed by atoms with Crippen molar-refractivity contribution in [2.75, 3.05) is 0 Å². The van der Waals surface area contributed by atoms with Crippen LogP contribution in [-0.2, 0) is 0 Å². The molecule has 0 aliphatic heterocycles. The Labute approximate surface area is 66.2 Å². The second-order valence-electron chi connectivity index (χ2n) is 0. The molecule has 4 heteroatoms. The predicted octanol–water partition coefficient (Wildman–Crippen LogP) is -2.53. The molecule has 0 aromatic heterocycles. The zero-order valence-corrected chi connectivity index (χ0v) is 5.57. The van der Waals surface area contributed by atoms with Gasteiger partial charge in [-0.15, -0.1) is 24.8 Å². The summed E-state index contributed by atoms with van der Waals surface area (Å²) in [6.45, 7) is 0.